The lowest BCUT2D eigenvalue weighted by atomic mass is 10.1. The van der Waals surface area contributed by atoms with Crippen molar-refractivity contribution in [3.8, 4) is 11.3 Å². The van der Waals surface area contributed by atoms with E-state index in [-0.39, 0.29) is 12.1 Å². The highest BCUT2D eigenvalue weighted by Gasteiger charge is 2.02. The average Bonchev–Trinajstić information content (AvgIpc) is 2.33. The zero-order valence-electron chi connectivity index (χ0n) is 9.14. The topological polar surface area (TPSA) is 60.9 Å². The van der Waals surface area contributed by atoms with Crippen molar-refractivity contribution in [1.29, 1.82) is 0 Å². The Bertz CT molecular complexity index is 563. The van der Waals surface area contributed by atoms with Gasteiger partial charge in [0.15, 0.2) is 0 Å². The maximum absolute atomic E-state index is 12.2. The van der Waals surface area contributed by atoms with E-state index in [1.165, 1.54) is 6.07 Å². The highest BCUT2D eigenvalue weighted by atomic mass is 19.1. The first kappa shape index (κ1) is 11.3. The Morgan fingerprint density at radius 2 is 1.88 bits per heavy atom. The van der Waals surface area contributed by atoms with Crippen molar-refractivity contribution >= 4 is 5.69 Å². The third kappa shape index (κ3) is 2.50. The number of hydrogen-bond donors (Lipinski definition) is 1. The predicted molar refractivity (Wildman–Crippen MR) is 64.3 cm³/mol. The second-order valence-electron chi connectivity index (χ2n) is 3.59. The number of halogens is 1. The second kappa shape index (κ2) is 4.78. The van der Waals surface area contributed by atoms with Crippen LogP contribution in [-0.2, 0) is 6.54 Å². The zero-order chi connectivity index (χ0) is 12.3. The molecule has 0 saturated carbocycles. The summed E-state index contributed by atoms with van der Waals surface area (Å²) in [6.07, 6.45) is 0. The molecule has 1 heterocycles. The minimum atomic E-state index is -0.613. The van der Waals surface area contributed by atoms with E-state index in [0.717, 1.165) is 10.2 Å². The van der Waals surface area contributed by atoms with Gasteiger partial charge in [-0.2, -0.15) is 5.10 Å². The molecule has 0 unspecified atom stereocenters. The molecule has 2 rings (SSSR count). The maximum atomic E-state index is 12.2. The highest BCUT2D eigenvalue weighted by molar-refractivity contribution is 5.61. The lowest BCUT2D eigenvalue weighted by Gasteiger charge is -2.05. The molecule has 0 radical (unpaired) electrons. The Hall–Kier alpha value is -2.17. The van der Waals surface area contributed by atoms with Gasteiger partial charge in [0.05, 0.1) is 12.2 Å². The van der Waals surface area contributed by atoms with Crippen LogP contribution in [0.25, 0.3) is 11.3 Å². The molecule has 2 aromatic rings. The monoisotopic (exact) mass is 233 g/mol. The largest absolute Gasteiger partial charge is 0.399 e. The number of hydrogen-bond acceptors (Lipinski definition) is 3. The summed E-state index contributed by atoms with van der Waals surface area (Å²) in [6.45, 7) is -0.639. The number of nitrogens with two attached hydrogens (primary N) is 1. The molecule has 0 aliphatic rings. The van der Waals surface area contributed by atoms with E-state index in [0.29, 0.717) is 11.4 Å². The molecule has 1 aromatic heterocycles. The van der Waals surface area contributed by atoms with Gasteiger partial charge in [0.2, 0.25) is 0 Å². The lowest BCUT2D eigenvalue weighted by Crippen LogP contribution is -2.23. The minimum Gasteiger partial charge on any atom is -0.399 e. The van der Waals surface area contributed by atoms with E-state index >= 15 is 0 Å². The van der Waals surface area contributed by atoms with Crippen LogP contribution >= 0.6 is 0 Å². The fourth-order valence-electron chi connectivity index (χ4n) is 1.50. The first-order valence-corrected chi connectivity index (χ1v) is 5.21. The van der Waals surface area contributed by atoms with Gasteiger partial charge in [0.25, 0.3) is 5.56 Å². The van der Waals surface area contributed by atoms with Crippen LogP contribution in [0.15, 0.2) is 41.2 Å². The number of aryl methyl sites for hydroxylation is 1. The summed E-state index contributed by atoms with van der Waals surface area (Å²) in [6, 6.07) is 10.1. The molecule has 1 aromatic carbocycles. The molecule has 0 bridgehead atoms. The third-order valence-corrected chi connectivity index (χ3v) is 2.37. The molecule has 88 valence electrons. The number of nitrogens with zero attached hydrogens (tertiary/aromatic N) is 2. The number of nitrogen functional groups attached to an aromatic ring is 1. The van der Waals surface area contributed by atoms with Crippen LogP contribution in [0, 0.1) is 0 Å². The van der Waals surface area contributed by atoms with Crippen LogP contribution in [-0.4, -0.2) is 16.5 Å². The van der Waals surface area contributed by atoms with Gasteiger partial charge in [0, 0.05) is 17.3 Å². The first-order valence-electron chi connectivity index (χ1n) is 5.21. The maximum Gasteiger partial charge on any atom is 0.266 e. The molecular formula is C12H12FN3O. The molecule has 4 nitrogen and oxygen atoms in total. The fraction of sp³-hybridized carbons (Fsp3) is 0.167. The van der Waals surface area contributed by atoms with Crippen LogP contribution < -0.4 is 11.3 Å². The number of anilines is 1. The van der Waals surface area contributed by atoms with Crippen molar-refractivity contribution in [3.63, 3.8) is 0 Å². The van der Waals surface area contributed by atoms with E-state index in [1.54, 1.807) is 18.2 Å². The van der Waals surface area contributed by atoms with Crippen LogP contribution in [0.4, 0.5) is 10.1 Å². The molecular weight excluding hydrogens is 221 g/mol. The van der Waals surface area contributed by atoms with E-state index in [1.807, 2.05) is 12.1 Å². The highest BCUT2D eigenvalue weighted by Crippen LogP contribution is 2.16. The van der Waals surface area contributed by atoms with Crippen molar-refractivity contribution < 1.29 is 4.39 Å². The molecule has 2 N–H and O–H groups in total. The van der Waals surface area contributed by atoms with Crippen molar-refractivity contribution in [2.75, 3.05) is 12.4 Å². The van der Waals surface area contributed by atoms with Crippen molar-refractivity contribution in [3.05, 3.63) is 46.8 Å². The first-order chi connectivity index (χ1) is 8.20. The van der Waals surface area contributed by atoms with Crippen LogP contribution in [0.2, 0.25) is 0 Å². The van der Waals surface area contributed by atoms with Crippen molar-refractivity contribution in [2.45, 2.75) is 6.54 Å². The summed E-state index contributed by atoms with van der Waals surface area (Å²) in [4.78, 5) is 11.4. The number of rotatable bonds is 3. The van der Waals surface area contributed by atoms with E-state index < -0.39 is 6.67 Å². The quantitative estimate of drug-likeness (QED) is 0.816. The van der Waals surface area contributed by atoms with Gasteiger partial charge in [-0.1, -0.05) is 12.1 Å². The lowest BCUT2D eigenvalue weighted by molar-refractivity contribution is 0.418. The minimum absolute atomic E-state index is 0.0261. The fourth-order valence-corrected chi connectivity index (χ4v) is 1.50. The number of alkyl halides is 1. The Kier molecular flexibility index (Phi) is 3.18. The molecule has 17 heavy (non-hydrogen) atoms. The molecule has 0 amide bonds. The Balaban J connectivity index is 2.42. The summed E-state index contributed by atoms with van der Waals surface area (Å²) < 4.78 is 13.3. The molecule has 0 fully saturated rings. The van der Waals surface area contributed by atoms with Crippen molar-refractivity contribution in [2.24, 2.45) is 0 Å². The second-order valence-corrected chi connectivity index (χ2v) is 3.59. The van der Waals surface area contributed by atoms with Gasteiger partial charge >= 0.3 is 0 Å². The smallest absolute Gasteiger partial charge is 0.266 e. The Labute approximate surface area is 97.5 Å². The summed E-state index contributed by atoms with van der Waals surface area (Å²) in [5.41, 5.74) is 7.40. The van der Waals surface area contributed by atoms with Crippen molar-refractivity contribution in [1.82, 2.24) is 9.78 Å². The van der Waals surface area contributed by atoms with E-state index in [2.05, 4.69) is 5.10 Å². The molecule has 0 saturated heterocycles. The third-order valence-electron chi connectivity index (χ3n) is 2.37. The molecule has 0 spiro atoms. The summed E-state index contributed by atoms with van der Waals surface area (Å²) >= 11 is 0. The SMILES string of the molecule is Nc1ccc(-c2ccc(=O)n(CCF)n2)cc1. The van der Waals surface area contributed by atoms with Gasteiger partial charge in [-0.15, -0.1) is 0 Å². The van der Waals surface area contributed by atoms with Gasteiger partial charge in [-0.3, -0.25) is 4.79 Å². The molecule has 5 heteroatoms. The summed E-state index contributed by atoms with van der Waals surface area (Å²) in [5, 5.41) is 4.09. The average molecular weight is 233 g/mol. The summed E-state index contributed by atoms with van der Waals surface area (Å²) in [7, 11) is 0. The van der Waals surface area contributed by atoms with E-state index in [9.17, 15) is 9.18 Å². The van der Waals surface area contributed by atoms with Crippen LogP contribution in [0.5, 0.6) is 0 Å². The number of aromatic nitrogens is 2. The Morgan fingerprint density at radius 3 is 2.53 bits per heavy atom. The molecule has 0 aliphatic heterocycles. The van der Waals surface area contributed by atoms with Gasteiger partial charge < -0.3 is 5.73 Å². The van der Waals surface area contributed by atoms with Crippen LogP contribution in [0.1, 0.15) is 0 Å². The van der Waals surface area contributed by atoms with Gasteiger partial charge in [0.1, 0.15) is 6.67 Å². The standard InChI is InChI=1S/C12H12FN3O/c13-7-8-16-12(17)6-5-11(15-16)9-1-3-10(14)4-2-9/h1-6H,7-8,14H2. The normalized spacial score (nSPS) is 10.4. The van der Waals surface area contributed by atoms with Gasteiger partial charge in [-0.05, 0) is 18.2 Å². The molecule has 0 atom stereocenters. The van der Waals surface area contributed by atoms with Crippen LogP contribution in [0.3, 0.4) is 0 Å². The molecule has 0 aliphatic carbocycles. The number of benzene rings is 1. The summed E-state index contributed by atoms with van der Waals surface area (Å²) in [5.74, 6) is 0. The Morgan fingerprint density at radius 1 is 1.18 bits per heavy atom. The van der Waals surface area contributed by atoms with E-state index in [4.69, 9.17) is 5.73 Å². The zero-order valence-corrected chi connectivity index (χ0v) is 9.14. The predicted octanol–water partition coefficient (Wildman–Crippen LogP) is 1.46. The van der Waals surface area contributed by atoms with Gasteiger partial charge in [-0.25, -0.2) is 9.07 Å².